The number of halogens is 8. The molecule has 0 spiro atoms. The minimum atomic E-state index is -6.00. The summed E-state index contributed by atoms with van der Waals surface area (Å²) in [7, 11) is -8.10. The van der Waals surface area contributed by atoms with Crippen LogP contribution in [0.25, 0.3) is 20.5 Å². The number of hydrogen-bond donors (Lipinski definition) is 0. The van der Waals surface area contributed by atoms with Crippen molar-refractivity contribution in [3.05, 3.63) is 60.4 Å². The lowest BCUT2D eigenvalue weighted by molar-refractivity contribution is -0.0864. The summed E-state index contributed by atoms with van der Waals surface area (Å²) in [5, 5.41) is 0.506. The molecule has 1 aromatic heterocycles. The molecule has 0 N–H and O–H groups in total. The van der Waals surface area contributed by atoms with E-state index in [0.29, 0.717) is 5.39 Å². The van der Waals surface area contributed by atoms with Crippen molar-refractivity contribution in [2.75, 3.05) is 0 Å². The molecule has 0 amide bonds. The second-order valence-electron chi connectivity index (χ2n) is 4.77. The van der Waals surface area contributed by atoms with Crippen LogP contribution in [0.15, 0.2) is 54.6 Å². The van der Waals surface area contributed by atoms with E-state index in [1.54, 1.807) is 24.3 Å². The molecule has 2 aromatic carbocycles. The summed E-state index contributed by atoms with van der Waals surface area (Å²) in [6.45, 7) is 0. The summed E-state index contributed by atoms with van der Waals surface area (Å²) in [5.41, 5.74) is -4.40. The van der Waals surface area contributed by atoms with Gasteiger partial charge in [0.25, 0.3) is 0 Å². The van der Waals surface area contributed by atoms with Gasteiger partial charge in [-0.1, -0.05) is 24.3 Å². The highest BCUT2D eigenvalue weighted by atomic mass is 32.2. The van der Waals surface area contributed by atoms with Gasteiger partial charge < -0.3 is 17.3 Å². The second-order valence-corrected chi connectivity index (χ2v) is 6.73. The van der Waals surface area contributed by atoms with Crippen LogP contribution in [-0.4, -0.2) is 7.25 Å². The van der Waals surface area contributed by atoms with Crippen molar-refractivity contribution in [2.45, 2.75) is 5.51 Å². The van der Waals surface area contributed by atoms with Crippen molar-refractivity contribution in [1.82, 2.24) is 0 Å². The van der Waals surface area contributed by atoms with E-state index in [0.717, 1.165) is 0 Å². The SMILES string of the molecule is F[B-](F)(F)F.Fc1ccccc1-c1cc2ccccc2[s+]1C(F)(F)F. The van der Waals surface area contributed by atoms with E-state index in [4.69, 9.17) is 0 Å². The molecule has 0 aliphatic rings. The molecule has 0 bridgehead atoms. The van der Waals surface area contributed by atoms with Crippen molar-refractivity contribution in [3.8, 4) is 10.4 Å². The van der Waals surface area contributed by atoms with Gasteiger partial charge in [-0.25, -0.2) is 4.39 Å². The first-order valence-electron chi connectivity index (χ1n) is 6.72. The number of fused-ring (bicyclic) bond motifs is 1. The van der Waals surface area contributed by atoms with Gasteiger partial charge in [0.05, 0.1) is 5.56 Å². The van der Waals surface area contributed by atoms with Gasteiger partial charge in [-0.3, -0.25) is 0 Å². The lowest BCUT2D eigenvalue weighted by Gasteiger charge is -2.01. The van der Waals surface area contributed by atoms with Crippen LogP contribution in [-0.2, 0) is 5.51 Å². The van der Waals surface area contributed by atoms with Crippen molar-refractivity contribution < 1.29 is 34.8 Å². The Morgan fingerprint density at radius 3 is 1.88 bits per heavy atom. The Kier molecular flexibility index (Phi) is 5.41. The Morgan fingerprint density at radius 2 is 1.32 bits per heavy atom. The Bertz CT molecular complexity index is 860. The molecule has 0 aliphatic heterocycles. The molecule has 0 fully saturated rings. The molecular weight excluding hydrogens is 375 g/mol. The molecule has 0 nitrogen and oxygen atoms in total. The van der Waals surface area contributed by atoms with Crippen molar-refractivity contribution in [3.63, 3.8) is 0 Å². The maximum Gasteiger partial charge on any atom is 0.673 e. The molecular formula is C15H9BF8S. The average Bonchev–Trinajstić information content (AvgIpc) is 2.85. The quantitative estimate of drug-likeness (QED) is 0.237. The molecule has 3 aromatic rings. The third-order valence-corrected chi connectivity index (χ3v) is 5.07. The van der Waals surface area contributed by atoms with Crippen LogP contribution in [0.3, 0.4) is 0 Å². The summed E-state index contributed by atoms with van der Waals surface area (Å²) >= 11 is 0. The van der Waals surface area contributed by atoms with Crippen LogP contribution >= 0.6 is 10.5 Å². The normalized spacial score (nSPS) is 12.7. The highest BCUT2D eigenvalue weighted by Crippen LogP contribution is 2.54. The van der Waals surface area contributed by atoms with Crippen LogP contribution in [0.4, 0.5) is 34.8 Å². The first-order chi connectivity index (χ1) is 11.5. The topological polar surface area (TPSA) is 0 Å². The Hall–Kier alpha value is -2.10. The first kappa shape index (κ1) is 19.2. The molecule has 1 atom stereocenters. The van der Waals surface area contributed by atoms with Crippen LogP contribution in [0, 0.1) is 5.82 Å². The Balaban J connectivity index is 0.000000399. The number of rotatable bonds is 1. The van der Waals surface area contributed by atoms with Gasteiger partial charge in [0.2, 0.25) is 0 Å². The van der Waals surface area contributed by atoms with Crippen molar-refractivity contribution in [1.29, 1.82) is 0 Å². The second kappa shape index (κ2) is 7.03. The maximum absolute atomic E-state index is 13.8. The maximum atomic E-state index is 13.8. The van der Waals surface area contributed by atoms with Crippen LogP contribution in [0.2, 0.25) is 0 Å². The summed E-state index contributed by atoms with van der Waals surface area (Å²) in [4.78, 5) is -0.00296. The Morgan fingerprint density at radius 1 is 0.800 bits per heavy atom. The number of alkyl halides is 3. The molecule has 1 heterocycles. The van der Waals surface area contributed by atoms with E-state index in [1.807, 2.05) is 0 Å². The number of hydrogen-bond acceptors (Lipinski definition) is 0. The first-order valence-corrected chi connectivity index (χ1v) is 7.95. The van der Waals surface area contributed by atoms with Gasteiger partial charge in [0.1, 0.15) is 16.3 Å². The summed E-state index contributed by atoms with van der Waals surface area (Å²) < 4.78 is 93.1. The number of thiophene rings is 1. The van der Waals surface area contributed by atoms with Gasteiger partial charge in [-0.05, 0) is 24.3 Å². The van der Waals surface area contributed by atoms with E-state index in [2.05, 4.69) is 0 Å². The van der Waals surface area contributed by atoms with Gasteiger partial charge >= 0.3 is 12.8 Å². The molecule has 3 rings (SSSR count). The Labute approximate surface area is 139 Å². The lowest BCUT2D eigenvalue weighted by atomic mass is 10.1. The predicted molar refractivity (Wildman–Crippen MR) is 83.3 cm³/mol. The van der Waals surface area contributed by atoms with Gasteiger partial charge in [-0.15, -0.1) is 13.2 Å². The molecule has 0 radical (unpaired) electrons. The van der Waals surface area contributed by atoms with E-state index in [9.17, 15) is 34.8 Å². The van der Waals surface area contributed by atoms with E-state index >= 15 is 0 Å². The van der Waals surface area contributed by atoms with Gasteiger partial charge in [-0.2, -0.15) is 0 Å². The minimum Gasteiger partial charge on any atom is -0.418 e. The molecule has 0 aliphatic carbocycles. The third-order valence-electron chi connectivity index (χ3n) is 3.02. The van der Waals surface area contributed by atoms with Gasteiger partial charge in [0, 0.05) is 11.5 Å². The largest absolute Gasteiger partial charge is 0.673 e. The molecule has 10 heteroatoms. The fourth-order valence-corrected chi connectivity index (χ4v) is 4.15. The standard InChI is InChI=1S/C15H9F4S.BF4/c16-12-7-3-2-6-11(12)14-9-10-5-1-4-8-13(10)20(14)15(17,18)19;2-1(3,4)5/h1-9H;/q+1;-1. The zero-order chi connectivity index (χ0) is 18.8. The fourth-order valence-electron chi connectivity index (χ4n) is 2.20. The lowest BCUT2D eigenvalue weighted by Crippen LogP contribution is -2.02. The van der Waals surface area contributed by atoms with Crippen LogP contribution < -0.4 is 0 Å². The highest BCUT2D eigenvalue weighted by Gasteiger charge is 2.48. The summed E-state index contributed by atoms with van der Waals surface area (Å²) in [6.07, 6.45) is 0. The smallest absolute Gasteiger partial charge is 0.418 e. The average molecular weight is 384 g/mol. The zero-order valence-corrected chi connectivity index (χ0v) is 13.0. The molecule has 1 unspecified atom stereocenters. The van der Waals surface area contributed by atoms with E-state index < -0.39 is 29.0 Å². The van der Waals surface area contributed by atoms with Crippen molar-refractivity contribution in [2.24, 2.45) is 0 Å². The molecule has 134 valence electrons. The van der Waals surface area contributed by atoms with E-state index in [1.165, 1.54) is 30.3 Å². The number of benzene rings is 2. The monoisotopic (exact) mass is 384 g/mol. The predicted octanol–water partition coefficient (Wildman–Crippen LogP) is 7.17. The summed E-state index contributed by atoms with van der Waals surface area (Å²) in [5.74, 6) is -0.631. The minimum absolute atomic E-state index is 0.00296. The van der Waals surface area contributed by atoms with Gasteiger partial charge in [0.15, 0.2) is 9.58 Å². The molecule has 0 saturated carbocycles. The molecule has 25 heavy (non-hydrogen) atoms. The van der Waals surface area contributed by atoms with Crippen molar-refractivity contribution >= 4 is 27.8 Å². The third kappa shape index (κ3) is 4.94. The van der Waals surface area contributed by atoms with E-state index in [-0.39, 0.29) is 15.1 Å². The fraction of sp³-hybridized carbons (Fsp3) is 0.0667. The molecule has 0 saturated heterocycles. The summed E-state index contributed by atoms with van der Waals surface area (Å²) in [6, 6.07) is 13.3. The highest BCUT2D eigenvalue weighted by molar-refractivity contribution is 7.41. The zero-order valence-electron chi connectivity index (χ0n) is 12.2. The van der Waals surface area contributed by atoms with Crippen LogP contribution in [0.5, 0.6) is 0 Å². The van der Waals surface area contributed by atoms with Crippen LogP contribution in [0.1, 0.15) is 0 Å².